The fraction of sp³-hybridized carbons (Fsp3) is 0.500. The lowest BCUT2D eigenvalue weighted by molar-refractivity contribution is 0.275. The maximum atomic E-state index is 8.79. The first kappa shape index (κ1) is 9.88. The molecule has 0 spiro atoms. The third-order valence-corrected chi connectivity index (χ3v) is 1.52. The summed E-state index contributed by atoms with van der Waals surface area (Å²) in [5.74, 6) is 0.424. The van der Waals surface area contributed by atoms with E-state index in [-0.39, 0.29) is 19.3 Å². The smallest absolute Gasteiger partial charge is 0.223 e. The highest BCUT2D eigenvalue weighted by atomic mass is 16.3. The Hall–Kier alpha value is -1.20. The zero-order valence-corrected chi connectivity index (χ0v) is 7.44. The lowest BCUT2D eigenvalue weighted by Crippen LogP contribution is -2.21. The van der Waals surface area contributed by atoms with E-state index in [1.165, 1.54) is 0 Å². The van der Waals surface area contributed by atoms with Crippen LogP contribution in [-0.4, -0.2) is 32.8 Å². The Morgan fingerprint density at radius 3 is 2.92 bits per heavy atom. The van der Waals surface area contributed by atoms with Crippen molar-refractivity contribution in [3.05, 3.63) is 18.0 Å². The second-order valence-electron chi connectivity index (χ2n) is 2.76. The molecule has 0 saturated carbocycles. The van der Waals surface area contributed by atoms with Gasteiger partial charge in [-0.05, 0) is 13.0 Å². The highest BCUT2D eigenvalue weighted by molar-refractivity contribution is 5.26. The minimum Gasteiger partial charge on any atom is -0.394 e. The normalized spacial score (nSPS) is 12.5. The van der Waals surface area contributed by atoms with E-state index in [2.05, 4.69) is 15.3 Å². The van der Waals surface area contributed by atoms with E-state index in [0.717, 1.165) is 0 Å². The van der Waals surface area contributed by atoms with E-state index in [1.807, 2.05) is 6.92 Å². The number of aliphatic hydroxyl groups excluding tert-OH is 2. The Bertz CT molecular complexity index is 267. The number of rotatable bonds is 4. The van der Waals surface area contributed by atoms with Gasteiger partial charge in [0.25, 0.3) is 0 Å². The van der Waals surface area contributed by atoms with E-state index < -0.39 is 0 Å². The molecule has 0 aromatic carbocycles. The molecule has 0 radical (unpaired) electrons. The summed E-state index contributed by atoms with van der Waals surface area (Å²) in [5.41, 5.74) is 0.558. The van der Waals surface area contributed by atoms with Crippen molar-refractivity contribution in [2.24, 2.45) is 0 Å². The van der Waals surface area contributed by atoms with Crippen LogP contribution in [0.15, 0.2) is 12.3 Å². The number of anilines is 1. The van der Waals surface area contributed by atoms with Gasteiger partial charge in [-0.15, -0.1) is 0 Å². The molecule has 5 heteroatoms. The lowest BCUT2D eigenvalue weighted by atomic mass is 10.4. The quantitative estimate of drug-likeness (QED) is 0.600. The molecule has 3 N–H and O–H groups in total. The number of hydrogen-bond acceptors (Lipinski definition) is 5. The Labute approximate surface area is 76.5 Å². The van der Waals surface area contributed by atoms with Gasteiger partial charge in [-0.1, -0.05) is 0 Å². The van der Waals surface area contributed by atoms with Crippen LogP contribution in [0.1, 0.15) is 12.6 Å². The Morgan fingerprint density at radius 1 is 1.54 bits per heavy atom. The second kappa shape index (κ2) is 4.74. The van der Waals surface area contributed by atoms with E-state index in [9.17, 15) is 0 Å². The molecule has 5 nitrogen and oxygen atoms in total. The largest absolute Gasteiger partial charge is 0.394 e. The molecule has 1 rings (SSSR count). The van der Waals surface area contributed by atoms with Crippen LogP contribution in [0.4, 0.5) is 5.95 Å². The van der Waals surface area contributed by atoms with E-state index >= 15 is 0 Å². The van der Waals surface area contributed by atoms with Crippen LogP contribution in [0.2, 0.25) is 0 Å². The number of hydrogen-bond donors (Lipinski definition) is 3. The lowest BCUT2D eigenvalue weighted by Gasteiger charge is -2.10. The standard InChI is InChI=1S/C8H13N3O2/c1-6(4-12)10-8-9-3-2-7(5-13)11-8/h2-3,6,12-13H,4-5H2,1H3,(H,9,10,11)/t6-/m0/s1. The van der Waals surface area contributed by atoms with Gasteiger partial charge in [0, 0.05) is 12.2 Å². The van der Waals surface area contributed by atoms with Crippen molar-refractivity contribution in [1.29, 1.82) is 0 Å². The van der Waals surface area contributed by atoms with E-state index in [1.54, 1.807) is 12.3 Å². The van der Waals surface area contributed by atoms with Gasteiger partial charge in [0.05, 0.1) is 18.9 Å². The van der Waals surface area contributed by atoms with Gasteiger partial charge in [-0.2, -0.15) is 0 Å². The zero-order chi connectivity index (χ0) is 9.68. The summed E-state index contributed by atoms with van der Waals surface area (Å²) in [5, 5.41) is 20.4. The van der Waals surface area contributed by atoms with Crippen molar-refractivity contribution >= 4 is 5.95 Å². The van der Waals surface area contributed by atoms with Gasteiger partial charge in [0.2, 0.25) is 5.95 Å². The van der Waals surface area contributed by atoms with Crippen LogP contribution < -0.4 is 5.32 Å². The van der Waals surface area contributed by atoms with Crippen LogP contribution >= 0.6 is 0 Å². The van der Waals surface area contributed by atoms with Crippen molar-refractivity contribution in [1.82, 2.24) is 9.97 Å². The van der Waals surface area contributed by atoms with Crippen LogP contribution in [0.5, 0.6) is 0 Å². The molecule has 13 heavy (non-hydrogen) atoms. The molecular formula is C8H13N3O2. The predicted octanol–water partition coefficient (Wildman–Crippen LogP) is -0.238. The SMILES string of the molecule is C[C@@H](CO)Nc1nccc(CO)n1. The van der Waals surface area contributed by atoms with Crippen molar-refractivity contribution in [2.75, 3.05) is 11.9 Å². The minimum atomic E-state index is -0.106. The number of aromatic nitrogens is 2. The summed E-state index contributed by atoms with van der Waals surface area (Å²) in [4.78, 5) is 7.93. The van der Waals surface area contributed by atoms with Gasteiger partial charge in [-0.3, -0.25) is 0 Å². The second-order valence-corrected chi connectivity index (χ2v) is 2.76. The molecule has 0 aliphatic carbocycles. The molecule has 0 unspecified atom stereocenters. The summed E-state index contributed by atoms with van der Waals surface area (Å²) in [7, 11) is 0. The van der Waals surface area contributed by atoms with Crippen LogP contribution in [0, 0.1) is 0 Å². The summed E-state index contributed by atoms with van der Waals surface area (Å²) in [6.45, 7) is 1.73. The topological polar surface area (TPSA) is 78.3 Å². The molecule has 0 aliphatic heterocycles. The fourth-order valence-electron chi connectivity index (χ4n) is 0.820. The zero-order valence-electron chi connectivity index (χ0n) is 7.44. The highest BCUT2D eigenvalue weighted by Crippen LogP contribution is 2.01. The number of nitrogens with zero attached hydrogens (tertiary/aromatic N) is 2. The van der Waals surface area contributed by atoms with Crippen molar-refractivity contribution in [3.8, 4) is 0 Å². The molecule has 0 saturated heterocycles. The van der Waals surface area contributed by atoms with Crippen molar-refractivity contribution in [3.63, 3.8) is 0 Å². The third-order valence-electron chi connectivity index (χ3n) is 1.52. The number of aliphatic hydroxyl groups is 2. The monoisotopic (exact) mass is 183 g/mol. The van der Waals surface area contributed by atoms with Gasteiger partial charge in [0.1, 0.15) is 0 Å². The van der Waals surface area contributed by atoms with Crippen molar-refractivity contribution in [2.45, 2.75) is 19.6 Å². The molecule has 0 bridgehead atoms. The summed E-state index contributed by atoms with van der Waals surface area (Å²) >= 11 is 0. The molecule has 0 fully saturated rings. The first-order valence-electron chi connectivity index (χ1n) is 4.06. The minimum absolute atomic E-state index is 0.0205. The first-order chi connectivity index (χ1) is 6.26. The van der Waals surface area contributed by atoms with Gasteiger partial charge < -0.3 is 15.5 Å². The predicted molar refractivity (Wildman–Crippen MR) is 48.1 cm³/mol. The van der Waals surface area contributed by atoms with Gasteiger partial charge in [-0.25, -0.2) is 9.97 Å². The molecule has 72 valence electrons. The average molecular weight is 183 g/mol. The summed E-state index contributed by atoms with van der Waals surface area (Å²) in [6, 6.07) is 1.54. The fourth-order valence-corrected chi connectivity index (χ4v) is 0.820. The van der Waals surface area contributed by atoms with Gasteiger partial charge >= 0.3 is 0 Å². The molecule has 1 aromatic rings. The Kier molecular flexibility index (Phi) is 3.60. The van der Waals surface area contributed by atoms with Crippen molar-refractivity contribution < 1.29 is 10.2 Å². The molecule has 1 heterocycles. The van der Waals surface area contributed by atoms with E-state index in [0.29, 0.717) is 11.6 Å². The van der Waals surface area contributed by atoms with Crippen LogP contribution in [0.25, 0.3) is 0 Å². The molecule has 1 atom stereocenters. The number of nitrogens with one attached hydrogen (secondary N) is 1. The summed E-state index contributed by atoms with van der Waals surface area (Å²) in [6.07, 6.45) is 1.56. The first-order valence-corrected chi connectivity index (χ1v) is 4.06. The maximum absolute atomic E-state index is 8.79. The summed E-state index contributed by atoms with van der Waals surface area (Å²) < 4.78 is 0. The van der Waals surface area contributed by atoms with E-state index in [4.69, 9.17) is 10.2 Å². The average Bonchev–Trinajstić information content (AvgIpc) is 2.18. The third kappa shape index (κ3) is 2.96. The highest BCUT2D eigenvalue weighted by Gasteiger charge is 2.02. The van der Waals surface area contributed by atoms with Gasteiger partial charge in [0.15, 0.2) is 0 Å². The molecule has 0 amide bonds. The Morgan fingerprint density at radius 2 is 2.31 bits per heavy atom. The molecular weight excluding hydrogens is 170 g/mol. The molecule has 1 aromatic heterocycles. The molecule has 0 aliphatic rings. The Balaban J connectivity index is 2.66. The van der Waals surface area contributed by atoms with Crippen LogP contribution in [0.3, 0.4) is 0 Å². The van der Waals surface area contributed by atoms with Crippen LogP contribution in [-0.2, 0) is 6.61 Å². The maximum Gasteiger partial charge on any atom is 0.223 e.